The first-order valence-corrected chi connectivity index (χ1v) is 24.3. The molecule has 8 rings (SSSR count). The first-order chi connectivity index (χ1) is 29.1. The number of methoxy groups -OCH3 is 2. The van der Waals surface area contributed by atoms with E-state index in [-0.39, 0.29) is 11.5 Å². The summed E-state index contributed by atoms with van der Waals surface area (Å²) in [6, 6.07) is 27.9. The molecule has 0 bridgehead atoms. The minimum atomic E-state index is -3.89. The van der Waals surface area contributed by atoms with Gasteiger partial charge in [0.15, 0.2) is 37.3 Å². The Labute approximate surface area is 366 Å². The minimum absolute atomic E-state index is 0.278. The topological polar surface area (TPSA) is 89.5 Å². The molecule has 2 aliphatic heterocycles. The van der Waals surface area contributed by atoms with Crippen molar-refractivity contribution in [1.82, 2.24) is 0 Å². The van der Waals surface area contributed by atoms with E-state index >= 15 is 9.13 Å². The van der Waals surface area contributed by atoms with Crippen LogP contribution < -0.4 is 60.2 Å². The molecule has 6 aromatic rings. The van der Waals surface area contributed by atoms with E-state index in [0.29, 0.717) is 66.0 Å². The predicted molar refractivity (Wildman–Crippen MR) is 252 cm³/mol. The van der Waals surface area contributed by atoms with E-state index in [2.05, 4.69) is 24.3 Å². The Kier molecular flexibility index (Phi) is 10.6. The van der Waals surface area contributed by atoms with Crippen molar-refractivity contribution in [2.75, 3.05) is 14.2 Å². The molecule has 2 heterocycles. The second-order valence-electron chi connectivity index (χ2n) is 18.1. The lowest BCUT2D eigenvalue weighted by molar-refractivity contribution is -0.0449. The van der Waals surface area contributed by atoms with Crippen LogP contribution in [-0.4, -0.2) is 25.8 Å². The molecule has 0 aliphatic carbocycles. The van der Waals surface area contributed by atoms with Gasteiger partial charge < -0.3 is 37.6 Å². The number of aryl methyl sites for hydroxylation is 8. The highest BCUT2D eigenvalue weighted by molar-refractivity contribution is 7.86. The molecule has 6 aromatic carbocycles. The highest BCUT2D eigenvalue weighted by Crippen LogP contribution is 2.62. The maximum Gasteiger partial charge on any atom is 0.246 e. The van der Waals surface area contributed by atoms with Crippen molar-refractivity contribution in [1.29, 1.82) is 0 Å². The van der Waals surface area contributed by atoms with Crippen LogP contribution in [0.5, 0.6) is 34.5 Å². The molecule has 0 N–H and O–H groups in total. The van der Waals surface area contributed by atoms with Gasteiger partial charge in [-0.3, -0.25) is 0 Å². The first kappa shape index (κ1) is 43.2. The van der Waals surface area contributed by atoms with Crippen molar-refractivity contribution in [3.63, 3.8) is 0 Å². The van der Waals surface area contributed by atoms with E-state index in [4.69, 9.17) is 28.4 Å². The van der Waals surface area contributed by atoms with Gasteiger partial charge in [-0.15, -0.1) is 0 Å². The molecule has 0 saturated heterocycles. The van der Waals surface area contributed by atoms with Crippen molar-refractivity contribution in [2.45, 2.75) is 94.7 Å². The van der Waals surface area contributed by atoms with Gasteiger partial charge in [0.2, 0.25) is 23.1 Å². The number of benzene rings is 6. The maximum atomic E-state index is 17.2. The van der Waals surface area contributed by atoms with Crippen molar-refractivity contribution in [3.8, 4) is 45.6 Å². The molecule has 0 radical (unpaired) electrons. The maximum absolute atomic E-state index is 17.2. The molecule has 0 spiro atoms. The van der Waals surface area contributed by atoms with E-state index < -0.39 is 25.9 Å². The van der Waals surface area contributed by atoms with Gasteiger partial charge in [-0.05, 0) is 116 Å². The van der Waals surface area contributed by atoms with Gasteiger partial charge in [0, 0.05) is 65.3 Å². The highest BCUT2D eigenvalue weighted by Gasteiger charge is 2.48. The minimum Gasteiger partial charge on any atom is -0.493 e. The van der Waals surface area contributed by atoms with Crippen LogP contribution in [0.3, 0.4) is 0 Å². The summed E-state index contributed by atoms with van der Waals surface area (Å²) in [6.07, 6.45) is 0. The summed E-state index contributed by atoms with van der Waals surface area (Å²) in [5.74, 6) is -0.404. The van der Waals surface area contributed by atoms with Crippen LogP contribution >= 0.6 is 14.3 Å². The average Bonchev–Trinajstić information content (AvgIpc) is 3.68. The predicted octanol–water partition coefficient (Wildman–Crippen LogP) is 10.1. The monoisotopic (exact) mass is 870 g/mol. The lowest BCUT2D eigenvalue weighted by Gasteiger charge is -2.28. The number of hydrogen-bond acceptors (Lipinski definition) is 8. The summed E-state index contributed by atoms with van der Waals surface area (Å²) in [5, 5.41) is 3.38. The Morgan fingerprint density at radius 2 is 0.742 bits per heavy atom. The molecule has 0 fully saturated rings. The van der Waals surface area contributed by atoms with Crippen molar-refractivity contribution in [3.05, 3.63) is 129 Å². The fourth-order valence-electron chi connectivity index (χ4n) is 9.29. The summed E-state index contributed by atoms with van der Waals surface area (Å²) in [5.41, 5.74) is 8.65. The SMILES string of the molecule is COc1cc(P(=O)(c2cc(C)cc(C)c2)c2cc(C)cc(C)c2)c(-c2cc(P(=O)(c3cc(C)cc(C)c3)c3cc(C)cc(C)c3)c(OC)c3c2OC(C)(C)O3)c2c1OC(C)(C)O2. The third-order valence-electron chi connectivity index (χ3n) is 11.4. The third-order valence-corrected chi connectivity index (χ3v) is 17.4. The molecule has 0 saturated carbocycles. The average molecular weight is 871 g/mol. The standard InChI is InChI=1S/C52H56O8P2/c1-29-15-30(2)20-37(19-29)61(53,38-21-31(3)16-32(4)22-38)43-28-42(55-13)47-49(59-52(11,12)58-47)45(43)41-27-44(48(56-14)50-46(41)57-51(9,10)60-50)62(54,39-23-33(5)17-34(6)24-39)40-25-35(7)18-36(8)26-40/h15-28H,1-14H3. The van der Waals surface area contributed by atoms with E-state index in [1.54, 1.807) is 14.2 Å². The van der Waals surface area contributed by atoms with Gasteiger partial charge in [0.1, 0.15) is 0 Å². The number of rotatable bonds is 9. The smallest absolute Gasteiger partial charge is 0.246 e. The van der Waals surface area contributed by atoms with E-state index in [1.165, 1.54) is 0 Å². The van der Waals surface area contributed by atoms with Crippen LogP contribution in [0.1, 0.15) is 72.2 Å². The lowest BCUT2D eigenvalue weighted by atomic mass is 10.0. The highest BCUT2D eigenvalue weighted by atomic mass is 31.2. The first-order valence-electron chi connectivity index (χ1n) is 20.9. The number of fused-ring (bicyclic) bond motifs is 2. The number of ether oxygens (including phenoxy) is 6. The van der Waals surface area contributed by atoms with E-state index in [9.17, 15) is 0 Å². The van der Waals surface area contributed by atoms with Gasteiger partial charge in [0.05, 0.1) is 19.5 Å². The van der Waals surface area contributed by atoms with E-state index in [0.717, 1.165) is 44.5 Å². The summed E-state index contributed by atoms with van der Waals surface area (Å²) in [6.45, 7) is 23.4. The molecule has 322 valence electrons. The Morgan fingerprint density at radius 3 is 1.11 bits per heavy atom. The zero-order valence-corrected chi connectivity index (χ0v) is 40.0. The molecule has 0 aromatic heterocycles. The molecular weight excluding hydrogens is 815 g/mol. The largest absolute Gasteiger partial charge is 0.493 e. The Balaban J connectivity index is 1.61. The van der Waals surface area contributed by atoms with Crippen LogP contribution in [0.4, 0.5) is 0 Å². The van der Waals surface area contributed by atoms with E-state index in [1.807, 2.05) is 144 Å². The van der Waals surface area contributed by atoms with Gasteiger partial charge in [-0.2, -0.15) is 0 Å². The van der Waals surface area contributed by atoms with Crippen molar-refractivity contribution >= 4 is 46.1 Å². The lowest BCUT2D eigenvalue weighted by Crippen LogP contribution is -2.30. The molecular formula is C52H56O8P2. The Morgan fingerprint density at radius 1 is 0.403 bits per heavy atom. The second kappa shape index (κ2) is 15.1. The molecule has 0 amide bonds. The van der Waals surface area contributed by atoms with Crippen LogP contribution in [0.2, 0.25) is 0 Å². The zero-order chi connectivity index (χ0) is 44.8. The van der Waals surface area contributed by atoms with Crippen molar-refractivity contribution < 1.29 is 37.6 Å². The van der Waals surface area contributed by atoms with Crippen LogP contribution in [0, 0.1) is 55.4 Å². The zero-order valence-electron chi connectivity index (χ0n) is 38.2. The van der Waals surface area contributed by atoms with Crippen LogP contribution in [0.15, 0.2) is 84.9 Å². The molecule has 0 unspecified atom stereocenters. The fourth-order valence-corrected chi connectivity index (χ4v) is 15.7. The molecule has 0 atom stereocenters. The molecule has 8 nitrogen and oxygen atoms in total. The third kappa shape index (κ3) is 7.29. The van der Waals surface area contributed by atoms with Crippen molar-refractivity contribution in [2.24, 2.45) is 0 Å². The van der Waals surface area contributed by atoms with Gasteiger partial charge >= 0.3 is 0 Å². The quantitative estimate of drug-likeness (QED) is 0.133. The summed E-state index contributed by atoms with van der Waals surface area (Å²) in [4.78, 5) is 0. The number of hydrogen-bond donors (Lipinski definition) is 0. The summed E-state index contributed by atoms with van der Waals surface area (Å²) in [7, 11) is -4.60. The Bertz CT molecular complexity index is 2750. The second-order valence-corrected chi connectivity index (χ2v) is 23.5. The van der Waals surface area contributed by atoms with Crippen LogP contribution in [0.25, 0.3) is 11.1 Å². The molecule has 62 heavy (non-hydrogen) atoms. The van der Waals surface area contributed by atoms with Gasteiger partial charge in [-0.1, -0.05) is 68.8 Å². The van der Waals surface area contributed by atoms with Crippen LogP contribution in [-0.2, 0) is 9.13 Å². The fraction of sp³-hybridized carbons (Fsp3) is 0.308. The molecule has 10 heteroatoms. The Hall–Kier alpha value is -5.42. The van der Waals surface area contributed by atoms with Gasteiger partial charge in [0.25, 0.3) is 0 Å². The normalized spacial score (nSPS) is 14.9. The summed E-state index contributed by atoms with van der Waals surface area (Å²) >= 11 is 0. The van der Waals surface area contributed by atoms with Gasteiger partial charge in [-0.25, -0.2) is 0 Å². The summed E-state index contributed by atoms with van der Waals surface area (Å²) < 4.78 is 73.4. The molecule has 2 aliphatic rings.